The predicted octanol–water partition coefficient (Wildman–Crippen LogP) is 2.94. The third kappa shape index (κ3) is 7.34. The smallest absolute Gasteiger partial charge is 0.220 e. The summed E-state index contributed by atoms with van der Waals surface area (Å²) in [6.07, 6.45) is 0.122. The minimum absolute atomic E-state index is 0. The van der Waals surface area contributed by atoms with Gasteiger partial charge in [0.15, 0.2) is 0 Å². The zero-order chi connectivity index (χ0) is 17.4. The summed E-state index contributed by atoms with van der Waals surface area (Å²) >= 11 is 3.37. The van der Waals surface area contributed by atoms with Crippen molar-refractivity contribution < 1.29 is 14.6 Å². The first-order valence-corrected chi connectivity index (χ1v) is 8.51. The van der Waals surface area contributed by atoms with Crippen LogP contribution >= 0.6 is 28.3 Å². The number of carbonyl (C=O) groups excluding carboxylic acids is 1. The maximum absolute atomic E-state index is 11.8. The van der Waals surface area contributed by atoms with E-state index in [4.69, 9.17) is 10.5 Å². The molecule has 0 saturated heterocycles. The Morgan fingerprint density at radius 2 is 1.88 bits per heavy atom. The fraction of sp³-hybridized carbons (Fsp3) is 0.278. The highest BCUT2D eigenvalue weighted by molar-refractivity contribution is 9.10. The number of aryl methyl sites for hydroxylation is 1. The predicted molar refractivity (Wildman–Crippen MR) is 105 cm³/mol. The molecule has 0 radical (unpaired) electrons. The minimum Gasteiger partial charge on any atom is -0.490 e. The molecule has 0 aliphatic heterocycles. The largest absolute Gasteiger partial charge is 0.490 e. The van der Waals surface area contributed by atoms with Gasteiger partial charge >= 0.3 is 0 Å². The van der Waals surface area contributed by atoms with Gasteiger partial charge in [-0.1, -0.05) is 30.3 Å². The number of carbonyl (C=O) groups is 1. The number of hydrogen-bond acceptors (Lipinski definition) is 4. The molecule has 0 spiro atoms. The molecular weight excluding hydrogens is 408 g/mol. The van der Waals surface area contributed by atoms with Gasteiger partial charge in [-0.15, -0.1) is 12.4 Å². The number of hydrogen-bond donors (Lipinski definition) is 3. The second-order valence-corrected chi connectivity index (χ2v) is 6.25. The number of amides is 1. The highest BCUT2D eigenvalue weighted by atomic mass is 79.9. The number of aliphatic hydroxyl groups is 1. The number of nitrogens with two attached hydrogens (primary N) is 1. The van der Waals surface area contributed by atoms with Crippen LogP contribution in [0.25, 0.3) is 0 Å². The van der Waals surface area contributed by atoms with Crippen molar-refractivity contribution >= 4 is 39.9 Å². The third-order valence-electron chi connectivity index (χ3n) is 3.48. The van der Waals surface area contributed by atoms with E-state index < -0.39 is 6.10 Å². The van der Waals surface area contributed by atoms with Gasteiger partial charge in [-0.2, -0.15) is 0 Å². The van der Waals surface area contributed by atoms with Gasteiger partial charge in [-0.05, 0) is 46.1 Å². The highest BCUT2D eigenvalue weighted by Crippen LogP contribution is 2.23. The molecule has 4 N–H and O–H groups in total. The fourth-order valence-corrected chi connectivity index (χ4v) is 2.54. The van der Waals surface area contributed by atoms with Gasteiger partial charge in [-0.3, -0.25) is 4.79 Å². The Morgan fingerprint density at radius 1 is 1.20 bits per heavy atom. The lowest BCUT2D eigenvalue weighted by Crippen LogP contribution is -2.35. The summed E-state index contributed by atoms with van der Waals surface area (Å²) in [5, 5.41) is 12.6. The van der Waals surface area contributed by atoms with Crippen LogP contribution in [0, 0.1) is 0 Å². The van der Waals surface area contributed by atoms with Gasteiger partial charge in [0.05, 0.1) is 4.47 Å². The van der Waals surface area contributed by atoms with Crippen LogP contribution < -0.4 is 15.8 Å². The number of anilines is 1. The molecule has 1 unspecified atom stereocenters. The van der Waals surface area contributed by atoms with Crippen molar-refractivity contribution in [1.29, 1.82) is 0 Å². The third-order valence-corrected chi connectivity index (χ3v) is 4.13. The van der Waals surface area contributed by atoms with E-state index >= 15 is 0 Å². The van der Waals surface area contributed by atoms with E-state index in [1.165, 1.54) is 0 Å². The normalized spacial score (nSPS) is 11.3. The SMILES string of the molecule is Cl.Nc1ccccc1CCC(=O)NCC(O)COc1ccccc1Br. The second kappa shape index (κ2) is 11.0. The molecule has 0 aliphatic carbocycles. The first-order valence-electron chi connectivity index (χ1n) is 7.71. The number of aliphatic hydroxyl groups excluding tert-OH is 1. The Bertz CT molecular complexity index is 685. The average Bonchev–Trinajstić information content (AvgIpc) is 2.58. The summed E-state index contributed by atoms with van der Waals surface area (Å²) in [5.74, 6) is 0.528. The van der Waals surface area contributed by atoms with Crippen LogP contribution in [-0.4, -0.2) is 30.3 Å². The molecule has 1 atom stereocenters. The van der Waals surface area contributed by atoms with Crippen molar-refractivity contribution in [3.8, 4) is 5.75 Å². The van der Waals surface area contributed by atoms with Gasteiger partial charge in [0.2, 0.25) is 5.91 Å². The van der Waals surface area contributed by atoms with Crippen LogP contribution in [0.5, 0.6) is 5.75 Å². The summed E-state index contributed by atoms with van der Waals surface area (Å²) in [7, 11) is 0. The molecule has 136 valence electrons. The number of halogens is 2. The Labute approximate surface area is 162 Å². The number of para-hydroxylation sites is 2. The van der Waals surface area contributed by atoms with E-state index in [1.54, 1.807) is 6.07 Å². The molecule has 0 heterocycles. The lowest BCUT2D eigenvalue weighted by atomic mass is 10.1. The first kappa shape index (κ1) is 21.3. The molecule has 0 aromatic heterocycles. The van der Waals surface area contributed by atoms with Gasteiger partial charge in [0, 0.05) is 18.7 Å². The standard InChI is InChI=1S/C18H21BrN2O3.ClH/c19-15-6-2-4-8-17(15)24-12-14(22)11-21-18(23)10-9-13-5-1-3-7-16(13)20;/h1-8,14,22H,9-12,20H2,(H,21,23);1H. The topological polar surface area (TPSA) is 84.6 Å². The summed E-state index contributed by atoms with van der Waals surface area (Å²) in [6.45, 7) is 0.252. The number of rotatable bonds is 8. The molecule has 0 saturated carbocycles. The lowest BCUT2D eigenvalue weighted by Gasteiger charge is -2.14. The van der Waals surface area contributed by atoms with Crippen LogP contribution in [0.4, 0.5) is 5.69 Å². The minimum atomic E-state index is -0.775. The quantitative estimate of drug-likeness (QED) is 0.563. The maximum Gasteiger partial charge on any atom is 0.220 e. The van der Waals surface area contributed by atoms with Gasteiger partial charge in [0.1, 0.15) is 18.5 Å². The van der Waals surface area contributed by atoms with E-state index in [2.05, 4.69) is 21.2 Å². The molecule has 0 bridgehead atoms. The highest BCUT2D eigenvalue weighted by Gasteiger charge is 2.10. The van der Waals surface area contributed by atoms with Crippen molar-refractivity contribution in [1.82, 2.24) is 5.32 Å². The molecule has 0 aliphatic rings. The van der Waals surface area contributed by atoms with Crippen LogP contribution in [-0.2, 0) is 11.2 Å². The Kier molecular flexibility index (Phi) is 9.34. The summed E-state index contributed by atoms with van der Waals surface area (Å²) < 4.78 is 6.33. The monoisotopic (exact) mass is 428 g/mol. The van der Waals surface area contributed by atoms with E-state index in [1.807, 2.05) is 42.5 Å². The summed E-state index contributed by atoms with van der Waals surface area (Å²) in [6, 6.07) is 14.9. The molecule has 2 rings (SSSR count). The van der Waals surface area contributed by atoms with Crippen molar-refractivity contribution in [3.05, 3.63) is 58.6 Å². The molecular formula is C18H22BrClN2O3. The molecule has 7 heteroatoms. The first-order chi connectivity index (χ1) is 11.6. The van der Waals surface area contributed by atoms with Crippen molar-refractivity contribution in [2.75, 3.05) is 18.9 Å². The van der Waals surface area contributed by atoms with E-state index in [-0.39, 0.29) is 31.5 Å². The lowest BCUT2D eigenvalue weighted by molar-refractivity contribution is -0.121. The van der Waals surface area contributed by atoms with E-state index in [9.17, 15) is 9.90 Å². The van der Waals surface area contributed by atoms with Gasteiger partial charge < -0.3 is 20.9 Å². The fourth-order valence-electron chi connectivity index (χ4n) is 2.14. The number of nitrogens with one attached hydrogen (secondary N) is 1. The molecule has 1 amide bonds. The van der Waals surface area contributed by atoms with Crippen LogP contribution in [0.1, 0.15) is 12.0 Å². The maximum atomic E-state index is 11.8. The summed E-state index contributed by atoms with van der Waals surface area (Å²) in [5.41, 5.74) is 7.48. The second-order valence-electron chi connectivity index (χ2n) is 5.40. The van der Waals surface area contributed by atoms with Crippen LogP contribution in [0.3, 0.4) is 0 Å². The number of benzene rings is 2. The molecule has 2 aromatic rings. The molecule has 25 heavy (non-hydrogen) atoms. The van der Waals surface area contributed by atoms with Crippen molar-refractivity contribution in [2.45, 2.75) is 18.9 Å². The van der Waals surface area contributed by atoms with Gasteiger partial charge in [0.25, 0.3) is 0 Å². The van der Waals surface area contributed by atoms with Crippen molar-refractivity contribution in [3.63, 3.8) is 0 Å². The Hall–Kier alpha value is -1.76. The Morgan fingerprint density at radius 3 is 2.60 bits per heavy atom. The average molecular weight is 430 g/mol. The molecule has 2 aromatic carbocycles. The van der Waals surface area contributed by atoms with E-state index in [0.717, 1.165) is 10.0 Å². The zero-order valence-corrected chi connectivity index (χ0v) is 16.1. The molecule has 5 nitrogen and oxygen atoms in total. The van der Waals surface area contributed by atoms with Crippen LogP contribution in [0.2, 0.25) is 0 Å². The molecule has 0 fully saturated rings. The number of ether oxygens (including phenoxy) is 1. The van der Waals surface area contributed by atoms with Crippen LogP contribution in [0.15, 0.2) is 53.0 Å². The Balaban J connectivity index is 0.00000312. The van der Waals surface area contributed by atoms with Gasteiger partial charge in [-0.25, -0.2) is 0 Å². The van der Waals surface area contributed by atoms with E-state index in [0.29, 0.717) is 24.3 Å². The zero-order valence-electron chi connectivity index (χ0n) is 13.7. The summed E-state index contributed by atoms with van der Waals surface area (Å²) in [4.78, 5) is 11.8. The number of nitrogen functional groups attached to an aromatic ring is 1. The van der Waals surface area contributed by atoms with Crippen molar-refractivity contribution in [2.24, 2.45) is 0 Å².